The molecule has 0 aliphatic heterocycles. The van der Waals surface area contributed by atoms with Crippen LogP contribution in [-0.4, -0.2) is 9.55 Å². The van der Waals surface area contributed by atoms with Crippen molar-refractivity contribution in [2.24, 2.45) is 5.41 Å². The minimum atomic E-state index is 0. The minimum absolute atomic E-state index is 0. The van der Waals surface area contributed by atoms with E-state index in [1.54, 1.807) is 0 Å². The number of nitrogens with zero attached hydrogens (tertiary/aromatic N) is 2. The normalized spacial score (nSPS) is 10.6. The second kappa shape index (κ2) is 6.07. The number of hydrogen-bond donors (Lipinski definition) is 0. The van der Waals surface area contributed by atoms with Gasteiger partial charge in [0.15, 0.2) is 0 Å². The molecule has 0 spiro atoms. The van der Waals surface area contributed by atoms with Crippen molar-refractivity contribution in [1.29, 1.82) is 0 Å². The van der Waals surface area contributed by atoms with Crippen molar-refractivity contribution in [2.45, 2.75) is 69.4 Å². The molecule has 2 nitrogen and oxygen atoms in total. The van der Waals surface area contributed by atoms with Crippen molar-refractivity contribution in [2.75, 3.05) is 0 Å². The summed E-state index contributed by atoms with van der Waals surface area (Å²) < 4.78 is 2.33. The maximum Gasteiger partial charge on any atom is 0.106 e. The van der Waals surface area contributed by atoms with Crippen LogP contribution in [0.5, 0.6) is 0 Å². The van der Waals surface area contributed by atoms with Gasteiger partial charge in [0, 0.05) is 12.2 Å². The molecule has 96 valence electrons. The molecule has 0 unspecified atom stereocenters. The fourth-order valence-electron chi connectivity index (χ4n) is 1.59. The van der Waals surface area contributed by atoms with E-state index in [1.165, 1.54) is 12.1 Å². The summed E-state index contributed by atoms with van der Waals surface area (Å²) in [5, 5.41) is 0. The molecular formula is C14H30N2. The number of aryl methyl sites for hydroxylation is 2. The highest BCUT2D eigenvalue weighted by Crippen LogP contribution is 2.24. The summed E-state index contributed by atoms with van der Waals surface area (Å²) in [6.07, 6.45) is 1.20. The van der Waals surface area contributed by atoms with E-state index >= 15 is 0 Å². The van der Waals surface area contributed by atoms with Crippen molar-refractivity contribution in [3.63, 3.8) is 0 Å². The molecule has 0 bridgehead atoms. The van der Waals surface area contributed by atoms with Gasteiger partial charge in [-0.3, -0.25) is 0 Å². The summed E-state index contributed by atoms with van der Waals surface area (Å²) in [6, 6.07) is 0. The van der Waals surface area contributed by atoms with Crippen LogP contribution in [0, 0.1) is 26.2 Å². The van der Waals surface area contributed by atoms with E-state index in [4.69, 9.17) is 0 Å². The highest BCUT2D eigenvalue weighted by atomic mass is 15.1. The Morgan fingerprint density at radius 2 is 1.62 bits per heavy atom. The summed E-state index contributed by atoms with van der Waals surface area (Å²) in [5.74, 6) is 1.14. The van der Waals surface area contributed by atoms with Crippen LogP contribution in [0.15, 0.2) is 0 Å². The smallest absolute Gasteiger partial charge is 0.106 e. The zero-order valence-corrected chi connectivity index (χ0v) is 10.3. The SMILES string of the molecule is C.C.CCC(C)(C)Cn1c(C)nc(C)c1C. The van der Waals surface area contributed by atoms with Gasteiger partial charge in [-0.2, -0.15) is 0 Å². The van der Waals surface area contributed by atoms with Gasteiger partial charge in [-0.05, 0) is 32.6 Å². The van der Waals surface area contributed by atoms with E-state index in [2.05, 4.69) is 51.1 Å². The molecule has 0 aliphatic rings. The van der Waals surface area contributed by atoms with Crippen LogP contribution >= 0.6 is 0 Å². The predicted molar refractivity (Wildman–Crippen MR) is 74.0 cm³/mol. The maximum atomic E-state index is 4.49. The minimum Gasteiger partial charge on any atom is -0.332 e. The lowest BCUT2D eigenvalue weighted by atomic mass is 9.90. The van der Waals surface area contributed by atoms with Gasteiger partial charge >= 0.3 is 0 Å². The molecule has 0 fully saturated rings. The molecule has 0 aromatic carbocycles. The Kier molecular flexibility index (Phi) is 6.68. The van der Waals surface area contributed by atoms with Crippen molar-refractivity contribution in [3.05, 3.63) is 17.2 Å². The first kappa shape index (κ1) is 17.6. The molecule has 1 aromatic rings. The van der Waals surface area contributed by atoms with Gasteiger partial charge in [-0.25, -0.2) is 4.98 Å². The topological polar surface area (TPSA) is 17.8 Å². The van der Waals surface area contributed by atoms with E-state index in [9.17, 15) is 0 Å². The Morgan fingerprint density at radius 3 is 1.94 bits per heavy atom. The third-order valence-corrected chi connectivity index (χ3v) is 3.19. The lowest BCUT2D eigenvalue weighted by Gasteiger charge is -2.24. The maximum absolute atomic E-state index is 4.49. The van der Waals surface area contributed by atoms with Crippen molar-refractivity contribution >= 4 is 0 Å². The van der Waals surface area contributed by atoms with Gasteiger partial charge in [0.1, 0.15) is 5.82 Å². The molecule has 0 atom stereocenters. The molecule has 0 saturated carbocycles. The van der Waals surface area contributed by atoms with Gasteiger partial charge in [-0.1, -0.05) is 35.6 Å². The first-order valence-corrected chi connectivity index (χ1v) is 5.37. The molecule has 1 rings (SSSR count). The number of rotatable bonds is 3. The van der Waals surface area contributed by atoms with Crippen molar-refractivity contribution < 1.29 is 0 Å². The van der Waals surface area contributed by atoms with Crippen LogP contribution < -0.4 is 0 Å². The molecule has 0 saturated heterocycles. The largest absolute Gasteiger partial charge is 0.332 e. The Bertz CT molecular complexity index is 322. The molecule has 1 heterocycles. The quantitative estimate of drug-likeness (QED) is 0.741. The zero-order chi connectivity index (χ0) is 10.9. The molecular weight excluding hydrogens is 196 g/mol. The van der Waals surface area contributed by atoms with Gasteiger partial charge in [0.05, 0.1) is 5.69 Å². The molecule has 0 radical (unpaired) electrons. The zero-order valence-electron chi connectivity index (χ0n) is 10.3. The Labute approximate surface area is 102 Å². The van der Waals surface area contributed by atoms with Crippen LogP contribution in [0.3, 0.4) is 0 Å². The molecule has 16 heavy (non-hydrogen) atoms. The van der Waals surface area contributed by atoms with E-state index in [0.717, 1.165) is 18.1 Å². The number of hydrogen-bond acceptors (Lipinski definition) is 1. The van der Waals surface area contributed by atoms with E-state index < -0.39 is 0 Å². The summed E-state index contributed by atoms with van der Waals surface area (Å²) in [7, 11) is 0. The van der Waals surface area contributed by atoms with Gasteiger partial charge in [0.2, 0.25) is 0 Å². The van der Waals surface area contributed by atoms with E-state index in [1.807, 2.05) is 0 Å². The summed E-state index contributed by atoms with van der Waals surface area (Å²) in [6.45, 7) is 14.3. The Hall–Kier alpha value is -0.790. The van der Waals surface area contributed by atoms with Crippen LogP contribution in [0.1, 0.15) is 59.3 Å². The molecule has 0 amide bonds. The highest BCUT2D eigenvalue weighted by Gasteiger charge is 2.18. The first-order chi connectivity index (χ1) is 6.37. The summed E-state index contributed by atoms with van der Waals surface area (Å²) >= 11 is 0. The van der Waals surface area contributed by atoms with Crippen LogP contribution in [-0.2, 0) is 6.54 Å². The van der Waals surface area contributed by atoms with Gasteiger partial charge < -0.3 is 4.57 Å². The van der Waals surface area contributed by atoms with Crippen molar-refractivity contribution in [3.8, 4) is 0 Å². The fraction of sp³-hybridized carbons (Fsp3) is 0.786. The molecule has 0 aliphatic carbocycles. The van der Waals surface area contributed by atoms with Crippen LogP contribution in [0.2, 0.25) is 0 Å². The Balaban J connectivity index is 0. The molecule has 1 aromatic heterocycles. The predicted octanol–water partition coefficient (Wildman–Crippen LogP) is 4.52. The average Bonchev–Trinajstić information content (AvgIpc) is 2.32. The van der Waals surface area contributed by atoms with Crippen LogP contribution in [0.25, 0.3) is 0 Å². The molecule has 2 heteroatoms. The van der Waals surface area contributed by atoms with Crippen molar-refractivity contribution in [1.82, 2.24) is 9.55 Å². The van der Waals surface area contributed by atoms with E-state index in [0.29, 0.717) is 5.41 Å². The first-order valence-electron chi connectivity index (χ1n) is 5.37. The summed E-state index contributed by atoms with van der Waals surface area (Å²) in [4.78, 5) is 4.49. The Morgan fingerprint density at radius 1 is 1.12 bits per heavy atom. The summed E-state index contributed by atoms with van der Waals surface area (Å²) in [5.41, 5.74) is 2.83. The second-order valence-electron chi connectivity index (χ2n) is 4.93. The van der Waals surface area contributed by atoms with Crippen LogP contribution in [0.4, 0.5) is 0 Å². The third kappa shape index (κ3) is 3.66. The highest BCUT2D eigenvalue weighted by molar-refractivity contribution is 5.13. The number of aromatic nitrogens is 2. The standard InChI is InChI=1S/C12H22N2.2CH4/c1-7-12(5,6)8-14-10(3)9(2)13-11(14)4;;/h7-8H2,1-6H3;2*1H4. The molecule has 0 N–H and O–H groups in total. The third-order valence-electron chi connectivity index (χ3n) is 3.19. The van der Waals surface area contributed by atoms with Gasteiger partial charge in [0.25, 0.3) is 0 Å². The number of imidazole rings is 1. The average molecular weight is 226 g/mol. The van der Waals surface area contributed by atoms with E-state index in [-0.39, 0.29) is 14.9 Å². The lowest BCUT2D eigenvalue weighted by Crippen LogP contribution is -2.20. The fourth-order valence-corrected chi connectivity index (χ4v) is 1.59. The second-order valence-corrected chi connectivity index (χ2v) is 4.93. The monoisotopic (exact) mass is 226 g/mol. The lowest BCUT2D eigenvalue weighted by molar-refractivity contribution is 0.289. The van der Waals surface area contributed by atoms with Gasteiger partial charge in [-0.15, -0.1) is 0 Å².